The molecule has 112 valence electrons. The van der Waals surface area contributed by atoms with E-state index >= 15 is 0 Å². The molecule has 2 rings (SSSR count). The van der Waals surface area contributed by atoms with Gasteiger partial charge in [-0.2, -0.15) is 4.98 Å². The van der Waals surface area contributed by atoms with E-state index in [-0.39, 0.29) is 23.2 Å². The Hall–Kier alpha value is -2.41. The minimum atomic E-state index is -1.13. The fraction of sp³-hybridized carbons (Fsp3) is 0.286. The van der Waals surface area contributed by atoms with Crippen molar-refractivity contribution in [1.29, 1.82) is 0 Å². The van der Waals surface area contributed by atoms with E-state index in [2.05, 4.69) is 9.97 Å². The van der Waals surface area contributed by atoms with Gasteiger partial charge in [0, 0.05) is 0 Å². The Morgan fingerprint density at radius 2 is 1.90 bits per heavy atom. The van der Waals surface area contributed by atoms with Gasteiger partial charge in [-0.25, -0.2) is 9.37 Å². The third-order valence-electron chi connectivity index (χ3n) is 2.90. The Labute approximate surface area is 121 Å². The third-order valence-corrected chi connectivity index (χ3v) is 2.90. The minimum Gasteiger partial charge on any atom is -0.494 e. The highest BCUT2D eigenvalue weighted by Gasteiger charge is 2.20. The molecule has 1 atom stereocenters. The molecule has 0 radical (unpaired) electrons. The van der Waals surface area contributed by atoms with Crippen LogP contribution in [0.15, 0.2) is 24.4 Å². The van der Waals surface area contributed by atoms with E-state index in [1.807, 2.05) is 0 Å². The number of methoxy groups -OCH3 is 3. The molecule has 0 bridgehead atoms. The number of aromatic nitrogens is 2. The van der Waals surface area contributed by atoms with Gasteiger partial charge in [0.2, 0.25) is 11.8 Å². The molecule has 7 heteroatoms. The Kier molecular flexibility index (Phi) is 4.54. The lowest BCUT2D eigenvalue weighted by molar-refractivity contribution is 0.206. The topological polar surface area (TPSA) is 73.7 Å². The Bertz CT molecular complexity index is 636. The van der Waals surface area contributed by atoms with E-state index in [0.717, 1.165) is 0 Å². The summed E-state index contributed by atoms with van der Waals surface area (Å²) in [6.45, 7) is 0. The Balaban J connectivity index is 2.41. The number of halogens is 1. The largest absolute Gasteiger partial charge is 0.494 e. The van der Waals surface area contributed by atoms with Gasteiger partial charge in [-0.3, -0.25) is 0 Å². The van der Waals surface area contributed by atoms with Crippen molar-refractivity contribution in [1.82, 2.24) is 9.97 Å². The molecule has 1 heterocycles. The van der Waals surface area contributed by atoms with Crippen molar-refractivity contribution in [2.75, 3.05) is 21.3 Å². The van der Waals surface area contributed by atoms with E-state index in [1.165, 1.54) is 45.7 Å². The average Bonchev–Trinajstić information content (AvgIpc) is 2.54. The second-order valence-corrected chi connectivity index (χ2v) is 4.10. The number of aliphatic hydroxyl groups excluding tert-OH is 1. The van der Waals surface area contributed by atoms with E-state index in [1.54, 1.807) is 0 Å². The molecular formula is C14H15FN2O4. The zero-order valence-corrected chi connectivity index (χ0v) is 11.8. The molecule has 2 aromatic rings. The predicted molar refractivity (Wildman–Crippen MR) is 72.1 cm³/mol. The second kappa shape index (κ2) is 6.36. The molecule has 6 nitrogen and oxygen atoms in total. The van der Waals surface area contributed by atoms with E-state index in [0.29, 0.717) is 5.56 Å². The van der Waals surface area contributed by atoms with Crippen molar-refractivity contribution in [3.63, 3.8) is 0 Å². The van der Waals surface area contributed by atoms with Crippen molar-refractivity contribution in [2.45, 2.75) is 6.10 Å². The molecule has 0 aliphatic heterocycles. The van der Waals surface area contributed by atoms with Crippen LogP contribution in [-0.2, 0) is 0 Å². The van der Waals surface area contributed by atoms with E-state index in [4.69, 9.17) is 14.2 Å². The van der Waals surface area contributed by atoms with E-state index < -0.39 is 11.9 Å². The standard InChI is InChI=1S/C14H15FN2O4/c1-19-10-6-8(4-5-9(10)15)13(18)12-14(21-3)17-11(20-2)7-16-12/h4-7,13,18H,1-3H3. The van der Waals surface area contributed by atoms with Crippen molar-refractivity contribution in [3.8, 4) is 17.5 Å². The number of aliphatic hydroxyl groups is 1. The van der Waals surface area contributed by atoms with Crippen LogP contribution in [-0.4, -0.2) is 36.4 Å². The number of hydrogen-bond donors (Lipinski definition) is 1. The molecule has 0 fully saturated rings. The third kappa shape index (κ3) is 3.03. The molecule has 0 aliphatic rings. The van der Waals surface area contributed by atoms with Crippen LogP contribution in [0.1, 0.15) is 17.4 Å². The van der Waals surface area contributed by atoms with Crippen molar-refractivity contribution < 1.29 is 23.7 Å². The molecule has 0 amide bonds. The zero-order chi connectivity index (χ0) is 15.4. The lowest BCUT2D eigenvalue weighted by atomic mass is 10.1. The number of hydrogen-bond acceptors (Lipinski definition) is 6. The van der Waals surface area contributed by atoms with Crippen LogP contribution in [0.3, 0.4) is 0 Å². The number of nitrogens with zero attached hydrogens (tertiary/aromatic N) is 2. The Morgan fingerprint density at radius 1 is 1.14 bits per heavy atom. The summed E-state index contributed by atoms with van der Waals surface area (Å²) in [5.41, 5.74) is 0.609. The summed E-state index contributed by atoms with van der Waals surface area (Å²) < 4.78 is 28.3. The summed E-state index contributed by atoms with van der Waals surface area (Å²) >= 11 is 0. The van der Waals surface area contributed by atoms with Gasteiger partial charge in [0.25, 0.3) is 0 Å². The zero-order valence-electron chi connectivity index (χ0n) is 11.8. The molecule has 1 aromatic heterocycles. The summed E-state index contributed by atoms with van der Waals surface area (Å²) in [7, 11) is 4.21. The smallest absolute Gasteiger partial charge is 0.241 e. The maximum Gasteiger partial charge on any atom is 0.241 e. The predicted octanol–water partition coefficient (Wildman–Crippen LogP) is 1.72. The van der Waals surface area contributed by atoms with Gasteiger partial charge in [-0.15, -0.1) is 0 Å². The molecule has 0 saturated heterocycles. The van der Waals surface area contributed by atoms with Crippen LogP contribution in [0, 0.1) is 5.82 Å². The maximum absolute atomic E-state index is 13.4. The minimum absolute atomic E-state index is 0.0342. The molecule has 0 spiro atoms. The van der Waals surface area contributed by atoms with Gasteiger partial charge in [0.05, 0.1) is 27.5 Å². The van der Waals surface area contributed by atoms with Crippen molar-refractivity contribution >= 4 is 0 Å². The fourth-order valence-corrected chi connectivity index (χ4v) is 1.81. The van der Waals surface area contributed by atoms with Gasteiger partial charge in [-0.1, -0.05) is 6.07 Å². The quantitative estimate of drug-likeness (QED) is 0.905. The first kappa shape index (κ1) is 15.0. The van der Waals surface area contributed by atoms with Crippen molar-refractivity contribution in [3.05, 3.63) is 41.5 Å². The summed E-state index contributed by atoms with van der Waals surface area (Å²) in [5, 5.41) is 10.4. The van der Waals surface area contributed by atoms with Crippen LogP contribution in [0.4, 0.5) is 4.39 Å². The molecule has 21 heavy (non-hydrogen) atoms. The van der Waals surface area contributed by atoms with Crippen LogP contribution in [0.2, 0.25) is 0 Å². The number of benzene rings is 1. The number of rotatable bonds is 5. The van der Waals surface area contributed by atoms with Crippen LogP contribution >= 0.6 is 0 Å². The first-order valence-corrected chi connectivity index (χ1v) is 6.07. The monoisotopic (exact) mass is 294 g/mol. The normalized spacial score (nSPS) is 11.9. The highest BCUT2D eigenvalue weighted by atomic mass is 19.1. The second-order valence-electron chi connectivity index (χ2n) is 4.10. The maximum atomic E-state index is 13.4. The van der Waals surface area contributed by atoms with Gasteiger partial charge >= 0.3 is 0 Å². The lowest BCUT2D eigenvalue weighted by Gasteiger charge is -2.14. The lowest BCUT2D eigenvalue weighted by Crippen LogP contribution is -2.08. The van der Waals surface area contributed by atoms with Gasteiger partial charge in [0.1, 0.15) is 11.8 Å². The molecule has 1 aromatic carbocycles. The summed E-state index contributed by atoms with van der Waals surface area (Å²) in [6, 6.07) is 4.04. The summed E-state index contributed by atoms with van der Waals surface area (Å²) in [5.74, 6) is -0.0853. The molecule has 1 N–H and O–H groups in total. The first-order valence-electron chi connectivity index (χ1n) is 6.07. The van der Waals surface area contributed by atoms with Gasteiger partial charge in [0.15, 0.2) is 11.6 Å². The highest BCUT2D eigenvalue weighted by Crippen LogP contribution is 2.30. The van der Waals surface area contributed by atoms with Crippen LogP contribution in [0.5, 0.6) is 17.5 Å². The average molecular weight is 294 g/mol. The van der Waals surface area contributed by atoms with Gasteiger partial charge in [-0.05, 0) is 17.7 Å². The van der Waals surface area contributed by atoms with Crippen molar-refractivity contribution in [2.24, 2.45) is 0 Å². The van der Waals surface area contributed by atoms with E-state index in [9.17, 15) is 9.50 Å². The molecule has 1 unspecified atom stereocenters. The first-order chi connectivity index (χ1) is 10.1. The fourth-order valence-electron chi connectivity index (χ4n) is 1.81. The number of ether oxygens (including phenoxy) is 3. The highest BCUT2D eigenvalue weighted by molar-refractivity contribution is 5.37. The molecule has 0 saturated carbocycles. The molecule has 0 aliphatic carbocycles. The summed E-state index contributed by atoms with van der Waals surface area (Å²) in [6.07, 6.45) is 0.231. The molecular weight excluding hydrogens is 279 g/mol. The van der Waals surface area contributed by atoms with Crippen LogP contribution < -0.4 is 14.2 Å². The SMILES string of the molecule is COc1cnc(C(O)c2ccc(F)c(OC)c2)c(OC)n1. The summed E-state index contributed by atoms with van der Waals surface area (Å²) in [4.78, 5) is 8.12. The Morgan fingerprint density at radius 3 is 2.52 bits per heavy atom. The van der Waals surface area contributed by atoms with Crippen LogP contribution in [0.25, 0.3) is 0 Å². The van der Waals surface area contributed by atoms with Gasteiger partial charge < -0.3 is 19.3 Å².